The molecule has 0 aliphatic rings. The molecular weight excluding hydrogens is 234 g/mol. The van der Waals surface area contributed by atoms with E-state index in [9.17, 15) is 5.26 Å². The summed E-state index contributed by atoms with van der Waals surface area (Å²) in [4.78, 5) is 8.76. The van der Waals surface area contributed by atoms with Gasteiger partial charge in [0.15, 0.2) is 5.15 Å². The molecular formula is C13H12ClN3. The Morgan fingerprint density at radius 2 is 1.88 bits per heavy atom. The summed E-state index contributed by atoms with van der Waals surface area (Å²) in [5, 5.41) is 9.57. The van der Waals surface area contributed by atoms with Gasteiger partial charge in [-0.1, -0.05) is 30.7 Å². The molecule has 0 aliphatic heterocycles. The van der Waals surface area contributed by atoms with Gasteiger partial charge in [0.25, 0.3) is 0 Å². The van der Waals surface area contributed by atoms with E-state index in [4.69, 9.17) is 11.6 Å². The van der Waals surface area contributed by atoms with E-state index in [1.807, 2.05) is 38.1 Å². The first-order chi connectivity index (χ1) is 8.10. The van der Waals surface area contributed by atoms with E-state index in [-0.39, 0.29) is 0 Å². The summed E-state index contributed by atoms with van der Waals surface area (Å²) in [6.45, 7) is 3.77. The predicted molar refractivity (Wildman–Crippen MR) is 67.8 cm³/mol. The van der Waals surface area contributed by atoms with Crippen LogP contribution in [0.1, 0.15) is 26.0 Å². The number of aromatic nitrogens is 2. The standard InChI is InChI=1S/C13H12ClN3/c1-3-13(2,8-15)11-12(14)17-10-7-5-4-6-9(10)16-11/h4-7H,3H2,1-2H3. The number of para-hydroxylation sites is 2. The van der Waals surface area contributed by atoms with Gasteiger partial charge in [0, 0.05) is 0 Å². The third-order valence-corrected chi connectivity index (χ3v) is 3.27. The number of fused-ring (bicyclic) bond motifs is 1. The second-order valence-electron chi connectivity index (χ2n) is 4.15. The number of hydrogen-bond donors (Lipinski definition) is 0. The number of rotatable bonds is 2. The Hall–Kier alpha value is -1.66. The fraction of sp³-hybridized carbons (Fsp3) is 0.308. The van der Waals surface area contributed by atoms with Crippen LogP contribution in [0.25, 0.3) is 11.0 Å². The molecule has 0 spiro atoms. The largest absolute Gasteiger partial charge is 0.246 e. The fourth-order valence-corrected chi connectivity index (χ4v) is 1.97. The molecule has 2 aromatic rings. The van der Waals surface area contributed by atoms with Crippen LogP contribution in [0.2, 0.25) is 5.15 Å². The van der Waals surface area contributed by atoms with Gasteiger partial charge in [0.1, 0.15) is 0 Å². The molecule has 1 atom stereocenters. The van der Waals surface area contributed by atoms with Gasteiger partial charge in [-0.25, -0.2) is 9.97 Å². The van der Waals surface area contributed by atoms with Crippen molar-refractivity contribution in [1.29, 1.82) is 5.26 Å². The molecule has 1 heterocycles. The lowest BCUT2D eigenvalue weighted by Gasteiger charge is -2.19. The van der Waals surface area contributed by atoms with Crippen LogP contribution in [0.5, 0.6) is 0 Å². The normalized spacial score (nSPS) is 14.2. The summed E-state index contributed by atoms with van der Waals surface area (Å²) in [7, 11) is 0. The molecule has 86 valence electrons. The van der Waals surface area contributed by atoms with Crippen LogP contribution in [0.15, 0.2) is 24.3 Å². The van der Waals surface area contributed by atoms with Gasteiger partial charge in [-0.05, 0) is 25.5 Å². The van der Waals surface area contributed by atoms with Crippen LogP contribution in [0, 0.1) is 11.3 Å². The average molecular weight is 246 g/mol. The first-order valence-corrected chi connectivity index (χ1v) is 5.82. The Bertz CT molecular complexity index is 603. The summed E-state index contributed by atoms with van der Waals surface area (Å²) >= 11 is 6.12. The average Bonchev–Trinajstić information content (AvgIpc) is 2.37. The summed E-state index contributed by atoms with van der Waals surface area (Å²) < 4.78 is 0. The number of nitriles is 1. The topological polar surface area (TPSA) is 49.6 Å². The van der Waals surface area contributed by atoms with Crippen LogP contribution < -0.4 is 0 Å². The Labute approximate surface area is 105 Å². The molecule has 0 amide bonds. The number of benzene rings is 1. The van der Waals surface area contributed by atoms with Crippen LogP contribution >= 0.6 is 11.6 Å². The molecule has 1 aromatic carbocycles. The van der Waals surface area contributed by atoms with Gasteiger partial charge in [0.05, 0.1) is 28.2 Å². The van der Waals surface area contributed by atoms with Crippen LogP contribution in [-0.2, 0) is 5.41 Å². The maximum Gasteiger partial charge on any atom is 0.152 e. The zero-order valence-corrected chi connectivity index (χ0v) is 10.5. The summed E-state index contributed by atoms with van der Waals surface area (Å²) in [5.74, 6) is 0. The monoisotopic (exact) mass is 245 g/mol. The van der Waals surface area contributed by atoms with E-state index < -0.39 is 5.41 Å². The quantitative estimate of drug-likeness (QED) is 0.814. The van der Waals surface area contributed by atoms with Gasteiger partial charge in [0.2, 0.25) is 0 Å². The molecule has 0 saturated carbocycles. The number of halogens is 1. The van der Waals surface area contributed by atoms with Crippen LogP contribution in [0.3, 0.4) is 0 Å². The molecule has 0 radical (unpaired) electrons. The third kappa shape index (κ3) is 1.96. The van der Waals surface area contributed by atoms with Crippen molar-refractivity contribution in [2.45, 2.75) is 25.7 Å². The van der Waals surface area contributed by atoms with Crippen molar-refractivity contribution < 1.29 is 0 Å². The van der Waals surface area contributed by atoms with Crippen molar-refractivity contribution in [3.8, 4) is 6.07 Å². The molecule has 17 heavy (non-hydrogen) atoms. The van der Waals surface area contributed by atoms with Crippen molar-refractivity contribution in [2.24, 2.45) is 0 Å². The Kier molecular flexibility index (Phi) is 2.99. The highest BCUT2D eigenvalue weighted by molar-refractivity contribution is 6.30. The van der Waals surface area contributed by atoms with E-state index in [0.29, 0.717) is 17.3 Å². The molecule has 0 aliphatic carbocycles. The molecule has 3 nitrogen and oxygen atoms in total. The molecule has 0 bridgehead atoms. The molecule has 2 rings (SSSR count). The smallest absolute Gasteiger partial charge is 0.152 e. The first kappa shape index (κ1) is 11.8. The predicted octanol–water partition coefficient (Wildman–Crippen LogP) is 3.47. The van der Waals surface area contributed by atoms with Crippen molar-refractivity contribution in [3.05, 3.63) is 35.1 Å². The van der Waals surface area contributed by atoms with Gasteiger partial charge < -0.3 is 0 Å². The first-order valence-electron chi connectivity index (χ1n) is 5.45. The van der Waals surface area contributed by atoms with Gasteiger partial charge >= 0.3 is 0 Å². The summed E-state index contributed by atoms with van der Waals surface area (Å²) in [5.41, 5.74) is 1.39. The molecule has 1 aromatic heterocycles. The van der Waals surface area contributed by atoms with Crippen LogP contribution in [0.4, 0.5) is 0 Å². The lowest BCUT2D eigenvalue weighted by molar-refractivity contribution is 0.568. The second kappa shape index (κ2) is 4.31. The second-order valence-corrected chi connectivity index (χ2v) is 4.51. The van der Waals surface area contributed by atoms with Gasteiger partial charge in [-0.15, -0.1) is 0 Å². The summed E-state index contributed by atoms with van der Waals surface area (Å²) in [6, 6.07) is 9.77. The molecule has 4 heteroatoms. The zero-order chi connectivity index (χ0) is 12.5. The molecule has 0 saturated heterocycles. The Morgan fingerprint density at radius 1 is 1.29 bits per heavy atom. The van der Waals surface area contributed by atoms with E-state index in [0.717, 1.165) is 11.0 Å². The van der Waals surface area contributed by atoms with Crippen molar-refractivity contribution in [1.82, 2.24) is 9.97 Å². The minimum atomic E-state index is -0.686. The highest BCUT2D eigenvalue weighted by Gasteiger charge is 2.29. The zero-order valence-electron chi connectivity index (χ0n) is 9.74. The SMILES string of the molecule is CCC(C)(C#N)c1nc2ccccc2nc1Cl. The van der Waals surface area contributed by atoms with Crippen molar-refractivity contribution in [3.63, 3.8) is 0 Å². The summed E-state index contributed by atoms with van der Waals surface area (Å²) in [6.07, 6.45) is 0.649. The van der Waals surface area contributed by atoms with Crippen molar-refractivity contribution >= 4 is 22.6 Å². The molecule has 1 unspecified atom stereocenters. The maximum absolute atomic E-state index is 9.26. The highest BCUT2D eigenvalue weighted by Crippen LogP contribution is 2.31. The minimum absolute atomic E-state index is 0.314. The van der Waals surface area contributed by atoms with E-state index in [1.165, 1.54) is 0 Å². The molecule has 0 N–H and O–H groups in total. The highest BCUT2D eigenvalue weighted by atomic mass is 35.5. The van der Waals surface area contributed by atoms with Gasteiger partial charge in [-0.2, -0.15) is 5.26 Å². The lowest BCUT2D eigenvalue weighted by atomic mass is 9.86. The van der Waals surface area contributed by atoms with Crippen LogP contribution in [-0.4, -0.2) is 9.97 Å². The van der Waals surface area contributed by atoms with Gasteiger partial charge in [-0.3, -0.25) is 0 Å². The maximum atomic E-state index is 9.26. The molecule has 0 fully saturated rings. The number of hydrogen-bond acceptors (Lipinski definition) is 3. The number of nitrogens with zero attached hydrogens (tertiary/aromatic N) is 3. The minimum Gasteiger partial charge on any atom is -0.246 e. The third-order valence-electron chi connectivity index (χ3n) is 3.00. The Morgan fingerprint density at radius 3 is 2.41 bits per heavy atom. The van der Waals surface area contributed by atoms with E-state index in [1.54, 1.807) is 0 Å². The van der Waals surface area contributed by atoms with E-state index in [2.05, 4.69) is 16.0 Å². The fourth-order valence-electron chi connectivity index (χ4n) is 1.63. The van der Waals surface area contributed by atoms with Crippen molar-refractivity contribution in [2.75, 3.05) is 0 Å². The van der Waals surface area contributed by atoms with E-state index >= 15 is 0 Å². The Balaban J connectivity index is 2.71. The lowest BCUT2D eigenvalue weighted by Crippen LogP contribution is -2.21.